The lowest BCUT2D eigenvalue weighted by Crippen LogP contribution is -2.38. The molecule has 1 atom stereocenters. The minimum Gasteiger partial charge on any atom is -0.378 e. The molecule has 3 heterocycles. The van der Waals surface area contributed by atoms with Gasteiger partial charge >= 0.3 is 0 Å². The molecule has 2 aliphatic rings. The van der Waals surface area contributed by atoms with Crippen molar-refractivity contribution in [2.75, 3.05) is 56.2 Å². The van der Waals surface area contributed by atoms with Crippen LogP contribution in [0.4, 0.5) is 11.8 Å². The highest BCUT2D eigenvalue weighted by atomic mass is 35.5. The first-order valence-electron chi connectivity index (χ1n) is 9.54. The van der Waals surface area contributed by atoms with E-state index < -0.39 is 0 Å². The van der Waals surface area contributed by atoms with Crippen molar-refractivity contribution in [1.82, 2.24) is 14.9 Å². The molecule has 7 heteroatoms. The van der Waals surface area contributed by atoms with Gasteiger partial charge in [0.1, 0.15) is 5.82 Å². The molecule has 2 fully saturated rings. The second-order valence-corrected chi connectivity index (χ2v) is 7.67. The summed E-state index contributed by atoms with van der Waals surface area (Å²) in [5, 5.41) is 0.789. The van der Waals surface area contributed by atoms with E-state index in [9.17, 15) is 0 Å². The molecule has 0 aliphatic carbocycles. The van der Waals surface area contributed by atoms with Gasteiger partial charge in [0.2, 0.25) is 5.95 Å². The fourth-order valence-electron chi connectivity index (χ4n) is 3.76. The fraction of sp³-hybridized carbons (Fsp3) is 0.500. The zero-order valence-corrected chi connectivity index (χ0v) is 16.5. The monoisotopic (exact) mass is 387 g/mol. The van der Waals surface area contributed by atoms with Crippen LogP contribution in [0.15, 0.2) is 36.5 Å². The van der Waals surface area contributed by atoms with Crippen molar-refractivity contribution in [3.05, 3.63) is 47.1 Å². The summed E-state index contributed by atoms with van der Waals surface area (Å²) in [6, 6.07) is 10.6. The van der Waals surface area contributed by atoms with Crippen molar-refractivity contribution in [2.24, 2.45) is 0 Å². The Morgan fingerprint density at radius 3 is 2.70 bits per heavy atom. The number of rotatable bonds is 5. The zero-order valence-electron chi connectivity index (χ0n) is 15.7. The van der Waals surface area contributed by atoms with Crippen LogP contribution in [0.25, 0.3) is 0 Å². The first kappa shape index (κ1) is 18.5. The van der Waals surface area contributed by atoms with E-state index in [1.54, 1.807) is 0 Å². The highest BCUT2D eigenvalue weighted by Gasteiger charge is 2.27. The summed E-state index contributed by atoms with van der Waals surface area (Å²) < 4.78 is 5.43. The molecule has 0 amide bonds. The van der Waals surface area contributed by atoms with Gasteiger partial charge in [0, 0.05) is 57.0 Å². The molecule has 2 aliphatic heterocycles. The number of aromatic nitrogens is 2. The van der Waals surface area contributed by atoms with Crippen molar-refractivity contribution in [3.8, 4) is 0 Å². The van der Waals surface area contributed by atoms with E-state index in [-0.39, 0.29) is 0 Å². The van der Waals surface area contributed by atoms with Gasteiger partial charge < -0.3 is 14.5 Å². The number of hydrogen-bond donors (Lipinski definition) is 0. The smallest absolute Gasteiger partial charge is 0.227 e. The van der Waals surface area contributed by atoms with Gasteiger partial charge in [-0.3, -0.25) is 4.90 Å². The lowest BCUT2D eigenvalue weighted by atomic mass is 10.2. The van der Waals surface area contributed by atoms with Gasteiger partial charge in [-0.2, -0.15) is 4.98 Å². The van der Waals surface area contributed by atoms with Gasteiger partial charge in [-0.05, 0) is 30.2 Å². The molecule has 2 saturated heterocycles. The molecule has 2 aromatic rings. The van der Waals surface area contributed by atoms with Crippen molar-refractivity contribution in [2.45, 2.75) is 19.0 Å². The third-order valence-corrected chi connectivity index (χ3v) is 5.65. The van der Waals surface area contributed by atoms with E-state index >= 15 is 0 Å². The number of likely N-dealkylation sites (N-methyl/N-ethyl adjacent to an activating group) is 1. The molecule has 144 valence electrons. The average molecular weight is 388 g/mol. The number of likely N-dealkylation sites (tertiary alicyclic amines) is 1. The molecule has 1 aromatic heterocycles. The van der Waals surface area contributed by atoms with Crippen LogP contribution < -0.4 is 9.80 Å². The highest BCUT2D eigenvalue weighted by molar-refractivity contribution is 6.30. The number of ether oxygens (including phenoxy) is 1. The highest BCUT2D eigenvalue weighted by Crippen LogP contribution is 2.23. The number of hydrogen-bond acceptors (Lipinski definition) is 6. The lowest BCUT2D eigenvalue weighted by molar-refractivity contribution is 0.122. The van der Waals surface area contributed by atoms with Gasteiger partial charge in [-0.15, -0.1) is 0 Å². The minimum absolute atomic E-state index is 0.463. The van der Waals surface area contributed by atoms with E-state index in [4.69, 9.17) is 21.3 Å². The number of benzene rings is 1. The fourth-order valence-corrected chi connectivity index (χ4v) is 3.88. The largest absolute Gasteiger partial charge is 0.378 e. The standard InChI is InChI=1S/C20H26ClN5O/c1-24(19-6-8-22-20(23-19)26-10-12-27-13-11-26)18-7-9-25(15-18)14-16-2-4-17(21)5-3-16/h2-6,8,18H,7,9-15H2,1H3. The van der Waals surface area contributed by atoms with E-state index in [1.165, 1.54) is 5.56 Å². The maximum atomic E-state index is 5.99. The van der Waals surface area contributed by atoms with Crippen LogP contribution in [-0.2, 0) is 11.3 Å². The number of nitrogens with zero attached hydrogens (tertiary/aromatic N) is 5. The first-order chi connectivity index (χ1) is 13.2. The van der Waals surface area contributed by atoms with Gasteiger partial charge in [-0.1, -0.05) is 23.7 Å². The SMILES string of the molecule is CN(c1ccnc(N2CCOCC2)n1)C1CCN(Cc2ccc(Cl)cc2)C1. The Morgan fingerprint density at radius 2 is 1.93 bits per heavy atom. The number of morpholine rings is 1. The van der Waals surface area contributed by atoms with Gasteiger partial charge in [0.05, 0.1) is 13.2 Å². The predicted octanol–water partition coefficient (Wildman–Crippen LogP) is 2.68. The summed E-state index contributed by atoms with van der Waals surface area (Å²) in [7, 11) is 2.14. The normalized spacial score (nSPS) is 20.8. The molecule has 0 radical (unpaired) electrons. The van der Waals surface area contributed by atoms with E-state index in [0.717, 1.165) is 69.1 Å². The Bertz CT molecular complexity index is 750. The summed E-state index contributed by atoms with van der Waals surface area (Å²) in [6.45, 7) is 6.29. The van der Waals surface area contributed by atoms with Crippen molar-refractivity contribution in [1.29, 1.82) is 0 Å². The molecule has 4 rings (SSSR count). The van der Waals surface area contributed by atoms with Crippen LogP contribution in [0.5, 0.6) is 0 Å². The molecule has 1 unspecified atom stereocenters. The summed E-state index contributed by atoms with van der Waals surface area (Å²) in [4.78, 5) is 16.3. The topological polar surface area (TPSA) is 44.7 Å². The number of anilines is 2. The van der Waals surface area contributed by atoms with Gasteiger partial charge in [0.25, 0.3) is 0 Å². The van der Waals surface area contributed by atoms with E-state index in [2.05, 4.69) is 38.9 Å². The molecule has 1 aromatic carbocycles. The predicted molar refractivity (Wildman–Crippen MR) is 109 cm³/mol. The average Bonchev–Trinajstić information content (AvgIpc) is 3.18. The molecule has 0 bridgehead atoms. The quantitative estimate of drug-likeness (QED) is 0.786. The van der Waals surface area contributed by atoms with Crippen molar-refractivity contribution >= 4 is 23.4 Å². The summed E-state index contributed by atoms with van der Waals surface area (Å²) in [5.74, 6) is 1.79. The van der Waals surface area contributed by atoms with Crippen molar-refractivity contribution < 1.29 is 4.74 Å². The lowest BCUT2D eigenvalue weighted by Gasteiger charge is -2.29. The molecule has 27 heavy (non-hydrogen) atoms. The van der Waals surface area contributed by atoms with Gasteiger partial charge in [0.15, 0.2) is 0 Å². The van der Waals surface area contributed by atoms with Crippen LogP contribution in [0, 0.1) is 0 Å². The van der Waals surface area contributed by atoms with Crippen LogP contribution in [0.3, 0.4) is 0 Å². The minimum atomic E-state index is 0.463. The van der Waals surface area contributed by atoms with Gasteiger partial charge in [-0.25, -0.2) is 4.98 Å². The summed E-state index contributed by atoms with van der Waals surface area (Å²) >= 11 is 5.99. The number of halogens is 1. The Hall–Kier alpha value is -1.89. The van der Waals surface area contributed by atoms with Crippen LogP contribution in [0.1, 0.15) is 12.0 Å². The second kappa shape index (κ2) is 8.42. The van der Waals surface area contributed by atoms with E-state index in [1.807, 2.05) is 24.4 Å². The molecule has 6 nitrogen and oxygen atoms in total. The molecule has 0 saturated carbocycles. The third-order valence-electron chi connectivity index (χ3n) is 5.40. The van der Waals surface area contributed by atoms with E-state index in [0.29, 0.717) is 6.04 Å². The Labute approximate surface area is 165 Å². The Balaban J connectivity index is 1.38. The maximum Gasteiger partial charge on any atom is 0.227 e. The summed E-state index contributed by atoms with van der Waals surface area (Å²) in [5.41, 5.74) is 1.30. The molecule has 0 spiro atoms. The second-order valence-electron chi connectivity index (χ2n) is 7.23. The Morgan fingerprint density at radius 1 is 1.15 bits per heavy atom. The zero-order chi connectivity index (χ0) is 18.6. The molecular formula is C20H26ClN5O. The molecular weight excluding hydrogens is 362 g/mol. The summed E-state index contributed by atoms with van der Waals surface area (Å²) in [6.07, 6.45) is 3.01. The van der Waals surface area contributed by atoms with Crippen LogP contribution in [-0.4, -0.2) is 67.4 Å². The van der Waals surface area contributed by atoms with Crippen LogP contribution in [0.2, 0.25) is 5.02 Å². The Kier molecular flexibility index (Phi) is 5.76. The maximum absolute atomic E-state index is 5.99. The molecule has 0 N–H and O–H groups in total. The first-order valence-corrected chi connectivity index (χ1v) is 9.92. The van der Waals surface area contributed by atoms with Crippen molar-refractivity contribution in [3.63, 3.8) is 0 Å². The third kappa shape index (κ3) is 4.51. The van der Waals surface area contributed by atoms with Crippen LogP contribution >= 0.6 is 11.6 Å².